The van der Waals surface area contributed by atoms with Gasteiger partial charge in [0.1, 0.15) is 5.82 Å². The Bertz CT molecular complexity index is 969. The molecule has 1 heterocycles. The third-order valence-electron chi connectivity index (χ3n) is 3.94. The van der Waals surface area contributed by atoms with Crippen LogP contribution in [0.1, 0.15) is 27.2 Å². The average molecular weight is 382 g/mol. The first kappa shape index (κ1) is 19.5. The Morgan fingerprint density at radius 1 is 1.21 bits per heavy atom. The molecule has 0 bridgehead atoms. The Labute approximate surface area is 163 Å². The number of rotatable bonds is 7. The maximum absolute atomic E-state index is 14.4. The van der Waals surface area contributed by atoms with Gasteiger partial charge in [0, 0.05) is 12.1 Å². The summed E-state index contributed by atoms with van der Waals surface area (Å²) in [6.07, 6.45) is 0.433. The van der Waals surface area contributed by atoms with Gasteiger partial charge in [-0.25, -0.2) is 9.07 Å². The molecule has 0 radical (unpaired) electrons. The number of amides is 1. The number of benzene rings is 2. The number of nitrogens with one attached hydrogen (secondary N) is 1. The fraction of sp³-hybridized carbons (Fsp3) is 0.286. The molecule has 1 aromatic heterocycles. The number of carbonyl (C=O) groups excluding carboxylic acids is 1. The molecule has 0 atom stereocenters. The molecule has 7 heteroatoms. The quantitative estimate of drug-likeness (QED) is 0.655. The fourth-order valence-electron chi connectivity index (χ4n) is 2.78. The summed E-state index contributed by atoms with van der Waals surface area (Å²) in [6, 6.07) is 13.7. The standard InChI is InChI=1S/C21H23FN4O2/c1-4-28-21-24-20(17-10-5-6-11-18(17)22)26(25-21)16-9-7-8-15(13-16)23-19(27)12-14(2)3/h5-11,13-14H,4,12H2,1-3H3,(H,23,27). The van der Waals surface area contributed by atoms with E-state index in [0.717, 1.165) is 0 Å². The lowest BCUT2D eigenvalue weighted by molar-refractivity contribution is -0.116. The van der Waals surface area contributed by atoms with Gasteiger partial charge >= 0.3 is 6.01 Å². The van der Waals surface area contributed by atoms with E-state index in [1.165, 1.54) is 10.7 Å². The molecule has 2 aromatic carbocycles. The monoisotopic (exact) mass is 382 g/mol. The molecule has 0 saturated heterocycles. The largest absolute Gasteiger partial charge is 0.463 e. The van der Waals surface area contributed by atoms with E-state index < -0.39 is 5.82 Å². The maximum atomic E-state index is 14.4. The average Bonchev–Trinajstić information content (AvgIpc) is 3.05. The van der Waals surface area contributed by atoms with Crippen LogP contribution < -0.4 is 10.1 Å². The van der Waals surface area contributed by atoms with Gasteiger partial charge in [-0.1, -0.05) is 32.0 Å². The normalized spacial score (nSPS) is 10.9. The second-order valence-electron chi connectivity index (χ2n) is 6.74. The van der Waals surface area contributed by atoms with Crippen LogP contribution in [0.3, 0.4) is 0 Å². The van der Waals surface area contributed by atoms with Gasteiger partial charge in [0.2, 0.25) is 5.91 Å². The zero-order valence-electron chi connectivity index (χ0n) is 16.1. The minimum atomic E-state index is -0.402. The van der Waals surface area contributed by atoms with Crippen LogP contribution in [0.15, 0.2) is 48.5 Å². The summed E-state index contributed by atoms with van der Waals surface area (Å²) in [5, 5.41) is 7.24. The molecule has 0 aliphatic carbocycles. The summed E-state index contributed by atoms with van der Waals surface area (Å²) in [6.45, 7) is 6.20. The highest BCUT2D eigenvalue weighted by Gasteiger charge is 2.18. The van der Waals surface area contributed by atoms with E-state index in [4.69, 9.17) is 4.74 Å². The van der Waals surface area contributed by atoms with Crippen molar-refractivity contribution in [2.24, 2.45) is 5.92 Å². The van der Waals surface area contributed by atoms with E-state index in [9.17, 15) is 9.18 Å². The molecule has 1 amide bonds. The van der Waals surface area contributed by atoms with E-state index in [1.54, 1.807) is 36.4 Å². The van der Waals surface area contributed by atoms with E-state index in [2.05, 4.69) is 15.4 Å². The fourth-order valence-corrected chi connectivity index (χ4v) is 2.78. The number of halogens is 1. The van der Waals surface area contributed by atoms with Crippen LogP contribution in [0.5, 0.6) is 6.01 Å². The Balaban J connectivity index is 2.00. The Morgan fingerprint density at radius 2 is 2.00 bits per heavy atom. The van der Waals surface area contributed by atoms with Gasteiger partial charge in [-0.05, 0) is 43.2 Å². The molecule has 0 fully saturated rings. The smallest absolute Gasteiger partial charge is 0.336 e. The highest BCUT2D eigenvalue weighted by Crippen LogP contribution is 2.27. The molecule has 146 valence electrons. The van der Waals surface area contributed by atoms with Gasteiger partial charge in [0.25, 0.3) is 0 Å². The van der Waals surface area contributed by atoms with Gasteiger partial charge in [-0.15, -0.1) is 5.10 Å². The third-order valence-corrected chi connectivity index (χ3v) is 3.94. The molecular formula is C21H23FN4O2. The van der Waals surface area contributed by atoms with E-state index in [1.807, 2.05) is 26.8 Å². The molecule has 3 aromatic rings. The first-order chi connectivity index (χ1) is 13.5. The summed E-state index contributed by atoms with van der Waals surface area (Å²) in [5.74, 6) is 0.128. The summed E-state index contributed by atoms with van der Waals surface area (Å²) >= 11 is 0. The lowest BCUT2D eigenvalue weighted by atomic mass is 10.1. The SMILES string of the molecule is CCOc1nc(-c2ccccc2F)n(-c2cccc(NC(=O)CC(C)C)c2)n1. The van der Waals surface area contributed by atoms with Crippen molar-refractivity contribution in [3.05, 3.63) is 54.3 Å². The predicted molar refractivity (Wildman–Crippen MR) is 106 cm³/mol. The van der Waals surface area contributed by atoms with Gasteiger partial charge in [0.15, 0.2) is 5.82 Å². The second kappa shape index (κ2) is 8.65. The Morgan fingerprint density at radius 3 is 2.71 bits per heavy atom. The molecule has 1 N–H and O–H groups in total. The van der Waals surface area contributed by atoms with Gasteiger partial charge < -0.3 is 10.1 Å². The van der Waals surface area contributed by atoms with Crippen molar-refractivity contribution in [1.82, 2.24) is 14.8 Å². The number of hydrogen-bond donors (Lipinski definition) is 1. The summed E-state index contributed by atoms with van der Waals surface area (Å²) < 4.78 is 21.3. The molecule has 0 aliphatic heterocycles. The van der Waals surface area contributed by atoms with Crippen LogP contribution in [0.4, 0.5) is 10.1 Å². The summed E-state index contributed by atoms with van der Waals surface area (Å²) in [4.78, 5) is 16.4. The van der Waals surface area contributed by atoms with E-state index in [0.29, 0.717) is 35.8 Å². The maximum Gasteiger partial charge on any atom is 0.336 e. The topological polar surface area (TPSA) is 69.0 Å². The summed E-state index contributed by atoms with van der Waals surface area (Å²) in [7, 11) is 0. The predicted octanol–water partition coefficient (Wildman–Crippen LogP) is 4.46. The minimum absolute atomic E-state index is 0.0601. The Kier molecular flexibility index (Phi) is 6.03. The van der Waals surface area contributed by atoms with Crippen LogP contribution in [0.25, 0.3) is 17.1 Å². The van der Waals surface area contributed by atoms with Crippen molar-refractivity contribution in [3.63, 3.8) is 0 Å². The first-order valence-corrected chi connectivity index (χ1v) is 9.23. The highest BCUT2D eigenvalue weighted by atomic mass is 19.1. The van der Waals surface area contributed by atoms with E-state index in [-0.39, 0.29) is 17.8 Å². The van der Waals surface area contributed by atoms with Crippen molar-refractivity contribution in [2.45, 2.75) is 27.2 Å². The van der Waals surface area contributed by atoms with E-state index >= 15 is 0 Å². The molecule has 0 saturated carbocycles. The lowest BCUT2D eigenvalue weighted by Crippen LogP contribution is -2.14. The number of ether oxygens (including phenoxy) is 1. The Hall–Kier alpha value is -3.22. The van der Waals surface area contributed by atoms with Crippen LogP contribution in [0, 0.1) is 11.7 Å². The van der Waals surface area contributed by atoms with Crippen molar-refractivity contribution in [2.75, 3.05) is 11.9 Å². The zero-order chi connectivity index (χ0) is 20.1. The number of nitrogens with zero attached hydrogens (tertiary/aromatic N) is 3. The number of carbonyl (C=O) groups is 1. The highest BCUT2D eigenvalue weighted by molar-refractivity contribution is 5.91. The molecule has 28 heavy (non-hydrogen) atoms. The van der Waals surface area contributed by atoms with Crippen molar-refractivity contribution < 1.29 is 13.9 Å². The second-order valence-corrected chi connectivity index (χ2v) is 6.74. The number of hydrogen-bond acceptors (Lipinski definition) is 4. The van der Waals surface area contributed by atoms with Crippen LogP contribution in [-0.2, 0) is 4.79 Å². The van der Waals surface area contributed by atoms with Gasteiger partial charge in [0.05, 0.1) is 17.9 Å². The molecule has 0 spiro atoms. The van der Waals surface area contributed by atoms with Crippen LogP contribution in [0.2, 0.25) is 0 Å². The van der Waals surface area contributed by atoms with Gasteiger partial charge in [-0.3, -0.25) is 4.79 Å². The van der Waals surface area contributed by atoms with Crippen LogP contribution >= 0.6 is 0 Å². The first-order valence-electron chi connectivity index (χ1n) is 9.23. The number of aromatic nitrogens is 3. The summed E-state index contributed by atoms with van der Waals surface area (Å²) in [5.41, 5.74) is 1.59. The molecular weight excluding hydrogens is 359 g/mol. The molecule has 0 aliphatic rings. The minimum Gasteiger partial charge on any atom is -0.463 e. The van der Waals surface area contributed by atoms with Crippen LogP contribution in [-0.4, -0.2) is 27.3 Å². The molecule has 3 rings (SSSR count). The number of anilines is 1. The molecule has 0 unspecified atom stereocenters. The van der Waals surface area contributed by atoms with Crippen molar-refractivity contribution in [1.29, 1.82) is 0 Å². The molecule has 6 nitrogen and oxygen atoms in total. The van der Waals surface area contributed by atoms with Crippen molar-refractivity contribution in [3.8, 4) is 23.1 Å². The lowest BCUT2D eigenvalue weighted by Gasteiger charge is -2.10. The zero-order valence-corrected chi connectivity index (χ0v) is 16.1. The third kappa shape index (κ3) is 4.54. The van der Waals surface area contributed by atoms with Crippen molar-refractivity contribution >= 4 is 11.6 Å². The van der Waals surface area contributed by atoms with Gasteiger partial charge in [-0.2, -0.15) is 4.98 Å².